The van der Waals surface area contributed by atoms with Crippen LogP contribution < -0.4 is 9.47 Å². The quantitative estimate of drug-likeness (QED) is 0.763. The Balaban J connectivity index is 2.43. The van der Waals surface area contributed by atoms with E-state index < -0.39 is 0 Å². The highest BCUT2D eigenvalue weighted by Gasteiger charge is 2.16. The van der Waals surface area contributed by atoms with Crippen molar-refractivity contribution in [3.63, 3.8) is 0 Å². The van der Waals surface area contributed by atoms with Crippen LogP contribution >= 0.6 is 11.8 Å². The Labute approximate surface area is 122 Å². The molecule has 0 unspecified atom stereocenters. The molecule has 0 aliphatic carbocycles. The highest BCUT2D eigenvalue weighted by atomic mass is 32.2. The molecule has 0 spiro atoms. The third-order valence-electron chi connectivity index (χ3n) is 2.94. The second-order valence-corrected chi connectivity index (χ2v) is 5.65. The van der Waals surface area contributed by atoms with E-state index >= 15 is 0 Å². The lowest BCUT2D eigenvalue weighted by Crippen LogP contribution is -2.04. The summed E-state index contributed by atoms with van der Waals surface area (Å²) in [6.45, 7) is 4.28. The van der Waals surface area contributed by atoms with Gasteiger partial charge in [0.05, 0.1) is 14.2 Å². The van der Waals surface area contributed by atoms with Crippen molar-refractivity contribution in [2.24, 2.45) is 0 Å². The van der Waals surface area contributed by atoms with E-state index in [1.807, 2.05) is 18.2 Å². The average molecular weight is 294 g/mol. The third kappa shape index (κ3) is 3.04. The predicted molar refractivity (Wildman–Crippen MR) is 77.9 cm³/mol. The fourth-order valence-electron chi connectivity index (χ4n) is 1.63. The smallest absolute Gasteiger partial charge is 0.214 e. The van der Waals surface area contributed by atoms with Gasteiger partial charge < -0.3 is 9.47 Å². The zero-order chi connectivity index (χ0) is 14.5. The summed E-state index contributed by atoms with van der Waals surface area (Å²) in [5.74, 6) is 1.43. The molecule has 7 heteroatoms. The number of aromatic nitrogens is 4. The summed E-state index contributed by atoms with van der Waals surface area (Å²) < 4.78 is 12.3. The highest BCUT2D eigenvalue weighted by molar-refractivity contribution is 7.99. The predicted octanol–water partition coefficient (Wildman–Crippen LogP) is 2.57. The average Bonchev–Trinajstić information content (AvgIpc) is 2.94. The summed E-state index contributed by atoms with van der Waals surface area (Å²) in [6, 6.07) is 5.54. The number of tetrazole rings is 1. The molecule has 2 aromatic rings. The van der Waals surface area contributed by atoms with Crippen molar-refractivity contribution in [3.05, 3.63) is 18.2 Å². The number of rotatable bonds is 6. The highest BCUT2D eigenvalue weighted by Crippen LogP contribution is 2.31. The zero-order valence-corrected chi connectivity index (χ0v) is 12.8. The van der Waals surface area contributed by atoms with E-state index in [9.17, 15) is 0 Å². The SMILES string of the molecule is CC[C@H](C)Sc1nnnn1-c1cc(OC)ccc1OC. The number of benzene rings is 1. The van der Waals surface area contributed by atoms with E-state index in [0.717, 1.165) is 23.0 Å². The van der Waals surface area contributed by atoms with E-state index in [0.29, 0.717) is 11.0 Å². The van der Waals surface area contributed by atoms with Crippen molar-refractivity contribution in [1.29, 1.82) is 0 Å². The van der Waals surface area contributed by atoms with Gasteiger partial charge in [-0.25, -0.2) is 0 Å². The molecule has 0 saturated heterocycles. The number of ether oxygens (including phenoxy) is 2. The first-order valence-electron chi connectivity index (χ1n) is 6.37. The van der Waals surface area contributed by atoms with Crippen molar-refractivity contribution in [3.8, 4) is 17.2 Å². The van der Waals surface area contributed by atoms with Gasteiger partial charge in [-0.3, -0.25) is 0 Å². The lowest BCUT2D eigenvalue weighted by atomic mass is 10.3. The minimum atomic E-state index is 0.441. The minimum absolute atomic E-state index is 0.441. The van der Waals surface area contributed by atoms with Crippen LogP contribution in [0.2, 0.25) is 0 Å². The van der Waals surface area contributed by atoms with Crippen LogP contribution in [0.3, 0.4) is 0 Å². The van der Waals surface area contributed by atoms with Crippen LogP contribution in [0.15, 0.2) is 23.4 Å². The molecule has 0 radical (unpaired) electrons. The molecular weight excluding hydrogens is 276 g/mol. The van der Waals surface area contributed by atoms with Gasteiger partial charge in [0, 0.05) is 11.3 Å². The Kier molecular flexibility index (Phi) is 4.84. The molecule has 108 valence electrons. The summed E-state index contributed by atoms with van der Waals surface area (Å²) >= 11 is 1.63. The van der Waals surface area contributed by atoms with E-state index in [-0.39, 0.29) is 0 Å². The Morgan fingerprint density at radius 2 is 2.10 bits per heavy atom. The number of hydrogen-bond donors (Lipinski definition) is 0. The van der Waals surface area contributed by atoms with Gasteiger partial charge in [0.1, 0.15) is 17.2 Å². The maximum absolute atomic E-state index is 5.37. The summed E-state index contributed by atoms with van der Waals surface area (Å²) in [7, 11) is 3.25. The Morgan fingerprint density at radius 1 is 1.30 bits per heavy atom. The van der Waals surface area contributed by atoms with Crippen LogP contribution in [0.25, 0.3) is 5.69 Å². The monoisotopic (exact) mass is 294 g/mol. The van der Waals surface area contributed by atoms with E-state index in [4.69, 9.17) is 9.47 Å². The lowest BCUT2D eigenvalue weighted by molar-refractivity contribution is 0.399. The molecule has 1 heterocycles. The Hall–Kier alpha value is -1.76. The van der Waals surface area contributed by atoms with Crippen molar-refractivity contribution in [1.82, 2.24) is 20.2 Å². The molecule has 1 aromatic carbocycles. The number of thioether (sulfide) groups is 1. The van der Waals surface area contributed by atoms with Gasteiger partial charge in [0.15, 0.2) is 0 Å². The Morgan fingerprint density at radius 3 is 2.75 bits per heavy atom. The van der Waals surface area contributed by atoms with Gasteiger partial charge in [-0.15, -0.1) is 5.10 Å². The topological polar surface area (TPSA) is 62.1 Å². The molecule has 1 atom stereocenters. The van der Waals surface area contributed by atoms with Gasteiger partial charge in [-0.2, -0.15) is 4.68 Å². The molecule has 2 rings (SSSR count). The molecule has 0 aliphatic heterocycles. The third-order valence-corrected chi connectivity index (χ3v) is 4.14. The van der Waals surface area contributed by atoms with Crippen LogP contribution in [0.1, 0.15) is 20.3 Å². The lowest BCUT2D eigenvalue weighted by Gasteiger charge is -2.12. The van der Waals surface area contributed by atoms with Gasteiger partial charge in [0.2, 0.25) is 5.16 Å². The van der Waals surface area contributed by atoms with Crippen molar-refractivity contribution < 1.29 is 9.47 Å². The summed E-state index contributed by atoms with van der Waals surface area (Å²) in [4.78, 5) is 0. The van der Waals surface area contributed by atoms with Gasteiger partial charge in [-0.05, 0) is 29.0 Å². The normalized spacial score (nSPS) is 12.2. The molecule has 0 amide bonds. The van der Waals surface area contributed by atoms with Crippen molar-refractivity contribution >= 4 is 11.8 Å². The van der Waals surface area contributed by atoms with Crippen molar-refractivity contribution in [2.75, 3.05) is 14.2 Å². The first-order valence-corrected chi connectivity index (χ1v) is 7.25. The van der Waals surface area contributed by atoms with Gasteiger partial charge >= 0.3 is 0 Å². The van der Waals surface area contributed by atoms with Gasteiger partial charge in [0.25, 0.3) is 0 Å². The van der Waals surface area contributed by atoms with E-state index in [2.05, 4.69) is 29.4 Å². The Bertz CT molecular complexity index is 573. The van der Waals surface area contributed by atoms with Crippen LogP contribution in [0.5, 0.6) is 11.5 Å². The van der Waals surface area contributed by atoms with E-state index in [1.165, 1.54) is 0 Å². The maximum atomic E-state index is 5.37. The molecule has 0 saturated carbocycles. The molecule has 20 heavy (non-hydrogen) atoms. The molecule has 1 aromatic heterocycles. The molecule has 6 nitrogen and oxygen atoms in total. The van der Waals surface area contributed by atoms with E-state index in [1.54, 1.807) is 30.7 Å². The summed E-state index contributed by atoms with van der Waals surface area (Å²) in [6.07, 6.45) is 1.05. The molecule has 0 aliphatic rings. The molecule has 0 N–H and O–H groups in total. The fraction of sp³-hybridized carbons (Fsp3) is 0.462. The number of methoxy groups -OCH3 is 2. The standard InChI is InChI=1S/C13H18N4O2S/c1-5-9(2)20-13-14-15-16-17(13)11-8-10(18-3)6-7-12(11)19-4/h6-9H,5H2,1-4H3/t9-/m0/s1. The zero-order valence-electron chi connectivity index (χ0n) is 12.0. The van der Waals surface area contributed by atoms with Crippen LogP contribution in [-0.2, 0) is 0 Å². The first-order chi connectivity index (χ1) is 9.69. The largest absolute Gasteiger partial charge is 0.497 e. The van der Waals surface area contributed by atoms with Crippen LogP contribution in [-0.4, -0.2) is 39.7 Å². The van der Waals surface area contributed by atoms with Gasteiger partial charge in [-0.1, -0.05) is 25.6 Å². The number of nitrogens with zero attached hydrogens (tertiary/aromatic N) is 4. The maximum Gasteiger partial charge on any atom is 0.214 e. The fourth-order valence-corrected chi connectivity index (χ4v) is 2.47. The van der Waals surface area contributed by atoms with Crippen molar-refractivity contribution in [2.45, 2.75) is 30.7 Å². The molecular formula is C13H18N4O2S. The summed E-state index contributed by atoms with van der Waals surface area (Å²) in [5.41, 5.74) is 0.766. The van der Waals surface area contributed by atoms with Crippen LogP contribution in [0.4, 0.5) is 0 Å². The minimum Gasteiger partial charge on any atom is -0.497 e. The molecule has 0 fully saturated rings. The second kappa shape index (κ2) is 6.60. The first kappa shape index (κ1) is 14.6. The summed E-state index contributed by atoms with van der Waals surface area (Å²) in [5, 5.41) is 13.1. The molecule has 0 bridgehead atoms. The number of hydrogen-bond acceptors (Lipinski definition) is 6. The van der Waals surface area contributed by atoms with Crippen LogP contribution in [0, 0.1) is 0 Å². The second-order valence-electron chi connectivity index (χ2n) is 4.25.